The van der Waals surface area contributed by atoms with Gasteiger partial charge in [0.05, 0.1) is 17.8 Å². The highest BCUT2D eigenvalue weighted by atomic mass is 16.6. The summed E-state index contributed by atoms with van der Waals surface area (Å²) < 4.78 is 11.5. The zero-order valence-corrected chi connectivity index (χ0v) is 11.5. The standard InChI is InChI=1S/C14H25NO3/c1-11(2)14(16)8-15(9-14)12-3-5-18-13(7-12)4-6-17-10-13/h11-12,16H,3-10H2,1-2H3. The van der Waals surface area contributed by atoms with E-state index in [1.54, 1.807) is 0 Å². The Kier molecular flexibility index (Phi) is 3.17. The minimum atomic E-state index is -0.461. The first-order chi connectivity index (χ1) is 8.53. The number of hydrogen-bond donors (Lipinski definition) is 1. The monoisotopic (exact) mass is 255 g/mol. The summed E-state index contributed by atoms with van der Waals surface area (Å²) in [5.41, 5.74) is -0.480. The normalized spacial score (nSPS) is 40.3. The molecular formula is C14H25NO3. The average Bonchev–Trinajstić information content (AvgIpc) is 2.72. The van der Waals surface area contributed by atoms with Gasteiger partial charge < -0.3 is 14.6 Å². The number of likely N-dealkylation sites (tertiary alicyclic amines) is 1. The van der Waals surface area contributed by atoms with E-state index in [-0.39, 0.29) is 5.60 Å². The molecule has 3 rings (SSSR count). The van der Waals surface area contributed by atoms with E-state index in [9.17, 15) is 5.11 Å². The Labute approximate surface area is 109 Å². The molecule has 1 spiro atoms. The fraction of sp³-hybridized carbons (Fsp3) is 1.00. The highest BCUT2D eigenvalue weighted by Crippen LogP contribution is 2.39. The Bertz CT molecular complexity index is 306. The van der Waals surface area contributed by atoms with Gasteiger partial charge in [0.2, 0.25) is 0 Å². The van der Waals surface area contributed by atoms with Gasteiger partial charge in [-0.25, -0.2) is 0 Å². The van der Waals surface area contributed by atoms with Crippen molar-refractivity contribution in [3.63, 3.8) is 0 Å². The third-order valence-corrected chi connectivity index (χ3v) is 5.08. The van der Waals surface area contributed by atoms with E-state index in [4.69, 9.17) is 9.47 Å². The van der Waals surface area contributed by atoms with Crippen molar-refractivity contribution in [3.05, 3.63) is 0 Å². The van der Waals surface area contributed by atoms with Crippen molar-refractivity contribution in [2.75, 3.05) is 32.9 Å². The molecule has 2 unspecified atom stereocenters. The lowest BCUT2D eigenvalue weighted by Crippen LogP contribution is -2.68. The molecule has 0 bridgehead atoms. The van der Waals surface area contributed by atoms with Crippen LogP contribution in [0.15, 0.2) is 0 Å². The zero-order chi connectivity index (χ0) is 12.8. The van der Waals surface area contributed by atoms with E-state index in [0.29, 0.717) is 12.0 Å². The van der Waals surface area contributed by atoms with E-state index in [0.717, 1.165) is 52.2 Å². The van der Waals surface area contributed by atoms with Gasteiger partial charge in [-0.1, -0.05) is 13.8 Å². The molecular weight excluding hydrogens is 230 g/mol. The van der Waals surface area contributed by atoms with Crippen molar-refractivity contribution < 1.29 is 14.6 Å². The zero-order valence-electron chi connectivity index (χ0n) is 11.5. The number of ether oxygens (including phenoxy) is 2. The minimum Gasteiger partial charge on any atom is -0.387 e. The second kappa shape index (κ2) is 4.44. The van der Waals surface area contributed by atoms with Crippen LogP contribution in [0.2, 0.25) is 0 Å². The lowest BCUT2D eigenvalue weighted by atomic mass is 9.79. The van der Waals surface area contributed by atoms with Crippen LogP contribution in [-0.4, -0.2) is 60.2 Å². The van der Waals surface area contributed by atoms with Gasteiger partial charge in [-0.05, 0) is 18.8 Å². The largest absolute Gasteiger partial charge is 0.387 e. The molecule has 104 valence electrons. The molecule has 1 N–H and O–H groups in total. The van der Waals surface area contributed by atoms with Crippen molar-refractivity contribution in [2.24, 2.45) is 5.92 Å². The van der Waals surface area contributed by atoms with E-state index in [1.807, 2.05) is 0 Å². The molecule has 0 aromatic carbocycles. The Morgan fingerprint density at radius 1 is 1.28 bits per heavy atom. The SMILES string of the molecule is CC(C)C1(O)CN(C2CCOC3(CCOC3)C2)C1. The van der Waals surface area contributed by atoms with Crippen molar-refractivity contribution in [3.8, 4) is 0 Å². The fourth-order valence-corrected chi connectivity index (χ4v) is 3.46. The quantitative estimate of drug-likeness (QED) is 0.800. The predicted octanol–water partition coefficient (Wildman–Crippen LogP) is 1.03. The molecule has 4 nitrogen and oxygen atoms in total. The topological polar surface area (TPSA) is 41.9 Å². The molecule has 3 aliphatic heterocycles. The van der Waals surface area contributed by atoms with Gasteiger partial charge in [-0.2, -0.15) is 0 Å². The molecule has 0 amide bonds. The number of nitrogens with zero attached hydrogens (tertiary/aromatic N) is 1. The van der Waals surface area contributed by atoms with Crippen molar-refractivity contribution in [1.82, 2.24) is 4.90 Å². The Hall–Kier alpha value is -0.160. The molecule has 0 aromatic rings. The Morgan fingerprint density at radius 3 is 2.67 bits per heavy atom. The summed E-state index contributed by atoms with van der Waals surface area (Å²) in [5, 5.41) is 10.3. The molecule has 3 heterocycles. The first-order valence-corrected chi connectivity index (χ1v) is 7.21. The molecule has 0 aromatic heterocycles. The number of rotatable bonds is 2. The van der Waals surface area contributed by atoms with Crippen LogP contribution >= 0.6 is 0 Å². The van der Waals surface area contributed by atoms with Crippen LogP contribution in [0, 0.1) is 5.92 Å². The molecule has 2 atom stereocenters. The number of β-amino-alcohol motifs (C(OH)–C–C–N with tert-alkyl or cyclic N) is 1. The molecule has 3 fully saturated rings. The van der Waals surface area contributed by atoms with Crippen molar-refractivity contribution in [1.29, 1.82) is 0 Å². The van der Waals surface area contributed by atoms with E-state index in [2.05, 4.69) is 18.7 Å². The third-order valence-electron chi connectivity index (χ3n) is 5.08. The maximum Gasteiger partial charge on any atom is 0.0951 e. The summed E-state index contributed by atoms with van der Waals surface area (Å²) in [4.78, 5) is 2.43. The van der Waals surface area contributed by atoms with Gasteiger partial charge in [0.1, 0.15) is 0 Å². The molecule has 3 aliphatic rings. The Morgan fingerprint density at radius 2 is 2.06 bits per heavy atom. The highest BCUT2D eigenvalue weighted by molar-refractivity contribution is 5.03. The summed E-state index contributed by atoms with van der Waals surface area (Å²) in [7, 11) is 0. The van der Waals surface area contributed by atoms with Gasteiger partial charge >= 0.3 is 0 Å². The van der Waals surface area contributed by atoms with Crippen LogP contribution in [0.5, 0.6) is 0 Å². The third kappa shape index (κ3) is 2.09. The molecule has 18 heavy (non-hydrogen) atoms. The number of hydrogen-bond acceptors (Lipinski definition) is 4. The lowest BCUT2D eigenvalue weighted by Gasteiger charge is -2.54. The molecule has 3 saturated heterocycles. The van der Waals surface area contributed by atoms with Gasteiger partial charge in [0.25, 0.3) is 0 Å². The smallest absolute Gasteiger partial charge is 0.0951 e. The van der Waals surface area contributed by atoms with E-state index in [1.165, 1.54) is 0 Å². The van der Waals surface area contributed by atoms with Crippen molar-refractivity contribution in [2.45, 2.75) is 50.4 Å². The summed E-state index contributed by atoms with van der Waals surface area (Å²) in [6.45, 7) is 8.29. The summed E-state index contributed by atoms with van der Waals surface area (Å²) in [6, 6.07) is 0.569. The first-order valence-electron chi connectivity index (χ1n) is 7.21. The second-order valence-electron chi connectivity index (χ2n) is 6.64. The Balaban J connectivity index is 1.58. The molecule has 0 aliphatic carbocycles. The van der Waals surface area contributed by atoms with Gasteiger partial charge in [-0.15, -0.1) is 0 Å². The lowest BCUT2D eigenvalue weighted by molar-refractivity contribution is -0.174. The highest BCUT2D eigenvalue weighted by Gasteiger charge is 2.49. The van der Waals surface area contributed by atoms with Crippen LogP contribution in [0.4, 0.5) is 0 Å². The maximum absolute atomic E-state index is 10.3. The van der Waals surface area contributed by atoms with Crippen LogP contribution in [-0.2, 0) is 9.47 Å². The van der Waals surface area contributed by atoms with Crippen LogP contribution in [0.25, 0.3) is 0 Å². The summed E-state index contributed by atoms with van der Waals surface area (Å²) in [6.07, 6.45) is 3.20. The predicted molar refractivity (Wildman–Crippen MR) is 68.5 cm³/mol. The van der Waals surface area contributed by atoms with E-state index >= 15 is 0 Å². The second-order valence-corrected chi connectivity index (χ2v) is 6.64. The molecule has 4 heteroatoms. The van der Waals surface area contributed by atoms with Crippen LogP contribution in [0.1, 0.15) is 33.1 Å². The van der Waals surface area contributed by atoms with E-state index < -0.39 is 5.60 Å². The van der Waals surface area contributed by atoms with Gasteiger partial charge in [0, 0.05) is 38.8 Å². The van der Waals surface area contributed by atoms with Crippen LogP contribution in [0.3, 0.4) is 0 Å². The average molecular weight is 255 g/mol. The molecule has 0 radical (unpaired) electrons. The maximum atomic E-state index is 10.3. The minimum absolute atomic E-state index is 0.0194. The van der Waals surface area contributed by atoms with Gasteiger partial charge in [0.15, 0.2) is 0 Å². The summed E-state index contributed by atoms with van der Waals surface area (Å²) >= 11 is 0. The first kappa shape index (κ1) is 12.9. The van der Waals surface area contributed by atoms with Crippen molar-refractivity contribution >= 4 is 0 Å². The summed E-state index contributed by atoms with van der Waals surface area (Å²) in [5.74, 6) is 0.345. The van der Waals surface area contributed by atoms with Gasteiger partial charge in [-0.3, -0.25) is 4.90 Å². The number of aliphatic hydroxyl groups is 1. The fourth-order valence-electron chi connectivity index (χ4n) is 3.46. The van der Waals surface area contributed by atoms with Crippen LogP contribution < -0.4 is 0 Å². The molecule has 0 saturated carbocycles.